The summed E-state index contributed by atoms with van der Waals surface area (Å²) in [6.07, 6.45) is 4.55. The normalized spacial score (nSPS) is 11.0. The second-order valence-electron chi connectivity index (χ2n) is 6.56. The van der Waals surface area contributed by atoms with Gasteiger partial charge in [0.1, 0.15) is 18.1 Å². The molecular weight excluding hydrogens is 358 g/mol. The summed E-state index contributed by atoms with van der Waals surface area (Å²) in [5.41, 5.74) is 1.34. The van der Waals surface area contributed by atoms with Crippen molar-refractivity contribution in [2.45, 2.75) is 26.6 Å². The van der Waals surface area contributed by atoms with Gasteiger partial charge in [-0.15, -0.1) is 0 Å². The smallest absolute Gasteiger partial charge is 0.261 e. The van der Waals surface area contributed by atoms with Crippen molar-refractivity contribution in [2.24, 2.45) is 0 Å². The summed E-state index contributed by atoms with van der Waals surface area (Å²) in [7, 11) is 0. The van der Waals surface area contributed by atoms with Crippen LogP contribution in [0.1, 0.15) is 17.1 Å². The van der Waals surface area contributed by atoms with E-state index in [4.69, 9.17) is 8.83 Å². The third kappa shape index (κ3) is 3.59. The van der Waals surface area contributed by atoms with E-state index in [0.717, 1.165) is 5.56 Å². The van der Waals surface area contributed by atoms with Crippen LogP contribution in [0.15, 0.2) is 74.9 Å². The molecule has 0 spiro atoms. The fraction of sp³-hybridized carbons (Fsp3) is 0.190. The van der Waals surface area contributed by atoms with Crippen molar-refractivity contribution in [1.82, 2.24) is 14.5 Å². The monoisotopic (exact) mass is 377 g/mol. The number of rotatable bonds is 6. The molecule has 3 aromatic heterocycles. The van der Waals surface area contributed by atoms with Crippen LogP contribution in [0.2, 0.25) is 0 Å². The van der Waals surface area contributed by atoms with Crippen molar-refractivity contribution < 1.29 is 13.6 Å². The number of nitrogens with zero attached hydrogens (tertiary/aromatic N) is 3. The van der Waals surface area contributed by atoms with Crippen LogP contribution < -0.4 is 5.56 Å². The largest absolute Gasteiger partial charge is 0.467 e. The summed E-state index contributed by atoms with van der Waals surface area (Å²) >= 11 is 0. The summed E-state index contributed by atoms with van der Waals surface area (Å²) in [5, 5.41) is 0.499. The molecule has 28 heavy (non-hydrogen) atoms. The van der Waals surface area contributed by atoms with E-state index in [1.54, 1.807) is 47.8 Å². The van der Waals surface area contributed by atoms with E-state index >= 15 is 0 Å². The number of furan rings is 2. The Morgan fingerprint density at radius 2 is 1.71 bits per heavy atom. The fourth-order valence-electron chi connectivity index (χ4n) is 3.11. The van der Waals surface area contributed by atoms with Gasteiger partial charge in [-0.2, -0.15) is 0 Å². The average Bonchev–Trinajstić information content (AvgIpc) is 3.38. The van der Waals surface area contributed by atoms with Crippen molar-refractivity contribution >= 4 is 16.8 Å². The second kappa shape index (κ2) is 7.56. The summed E-state index contributed by atoms with van der Waals surface area (Å²) in [6, 6.07) is 12.6. The Morgan fingerprint density at radius 3 is 2.32 bits per heavy atom. The zero-order chi connectivity index (χ0) is 19.5. The molecule has 0 saturated heterocycles. The molecule has 0 saturated carbocycles. The van der Waals surface area contributed by atoms with Crippen LogP contribution in [0, 0.1) is 6.92 Å². The van der Waals surface area contributed by atoms with Gasteiger partial charge in [0.15, 0.2) is 0 Å². The van der Waals surface area contributed by atoms with Crippen LogP contribution in [0.5, 0.6) is 0 Å². The lowest BCUT2D eigenvalue weighted by molar-refractivity contribution is -0.133. The predicted molar refractivity (Wildman–Crippen MR) is 102 cm³/mol. The fourth-order valence-corrected chi connectivity index (χ4v) is 3.11. The Balaban J connectivity index is 1.61. The molecule has 0 aliphatic heterocycles. The molecule has 0 atom stereocenters. The number of aromatic nitrogens is 2. The Kier molecular flexibility index (Phi) is 4.80. The molecule has 4 rings (SSSR count). The highest BCUT2D eigenvalue weighted by Gasteiger charge is 2.19. The van der Waals surface area contributed by atoms with E-state index < -0.39 is 0 Å². The molecule has 7 heteroatoms. The van der Waals surface area contributed by atoms with E-state index in [0.29, 0.717) is 22.4 Å². The molecule has 142 valence electrons. The number of amides is 1. The van der Waals surface area contributed by atoms with Crippen LogP contribution in [-0.4, -0.2) is 20.4 Å². The second-order valence-corrected chi connectivity index (χ2v) is 6.56. The summed E-state index contributed by atoms with van der Waals surface area (Å²) in [6.45, 7) is 2.35. The SMILES string of the molecule is Cc1cccc2c(=O)n(CC(=O)N(Cc3ccco3)Cc3ccco3)cnc12. The number of aryl methyl sites for hydroxylation is 1. The van der Waals surface area contributed by atoms with Crippen molar-refractivity contribution in [3.05, 3.63) is 88.8 Å². The molecule has 1 aromatic carbocycles. The van der Waals surface area contributed by atoms with Gasteiger partial charge < -0.3 is 13.7 Å². The zero-order valence-electron chi connectivity index (χ0n) is 15.4. The molecule has 0 bridgehead atoms. The molecule has 0 radical (unpaired) electrons. The predicted octanol–water partition coefficient (Wildman–Crippen LogP) is 3.12. The standard InChI is InChI=1S/C21H19N3O4/c1-15-5-2-8-18-20(15)22-14-24(21(18)26)13-19(25)23(11-16-6-3-9-27-16)12-17-7-4-10-28-17/h2-10,14H,11-13H2,1H3. The van der Waals surface area contributed by atoms with E-state index in [1.807, 2.05) is 19.1 Å². The molecule has 3 heterocycles. The molecule has 0 aliphatic carbocycles. The minimum atomic E-state index is -0.238. The first kappa shape index (κ1) is 17.8. The molecule has 1 amide bonds. The van der Waals surface area contributed by atoms with Gasteiger partial charge in [-0.1, -0.05) is 12.1 Å². The molecule has 7 nitrogen and oxygen atoms in total. The van der Waals surface area contributed by atoms with Gasteiger partial charge in [0.25, 0.3) is 5.56 Å². The summed E-state index contributed by atoms with van der Waals surface area (Å²) in [5.74, 6) is 1.07. The number of benzene rings is 1. The number of para-hydroxylation sites is 1. The maximum atomic E-state index is 13.0. The van der Waals surface area contributed by atoms with Gasteiger partial charge in [0.2, 0.25) is 5.91 Å². The number of hydrogen-bond acceptors (Lipinski definition) is 5. The maximum absolute atomic E-state index is 13.0. The van der Waals surface area contributed by atoms with Crippen LogP contribution in [0.25, 0.3) is 10.9 Å². The summed E-state index contributed by atoms with van der Waals surface area (Å²) in [4.78, 5) is 31.7. The van der Waals surface area contributed by atoms with Crippen LogP contribution in [0.4, 0.5) is 0 Å². The molecule has 0 fully saturated rings. The molecule has 0 aliphatic rings. The Morgan fingerprint density at radius 1 is 1.04 bits per heavy atom. The van der Waals surface area contributed by atoms with Gasteiger partial charge in [-0.05, 0) is 42.8 Å². The highest BCUT2D eigenvalue weighted by atomic mass is 16.3. The van der Waals surface area contributed by atoms with Gasteiger partial charge in [0, 0.05) is 0 Å². The minimum Gasteiger partial charge on any atom is -0.467 e. The highest BCUT2D eigenvalue weighted by molar-refractivity contribution is 5.81. The van der Waals surface area contributed by atoms with E-state index in [-0.39, 0.29) is 31.1 Å². The van der Waals surface area contributed by atoms with Crippen LogP contribution in [0.3, 0.4) is 0 Å². The molecule has 0 N–H and O–H groups in total. The number of carbonyl (C=O) groups is 1. The highest BCUT2D eigenvalue weighted by Crippen LogP contribution is 2.13. The van der Waals surface area contributed by atoms with Crippen LogP contribution in [-0.2, 0) is 24.4 Å². The van der Waals surface area contributed by atoms with E-state index in [1.165, 1.54) is 10.9 Å². The lowest BCUT2D eigenvalue weighted by atomic mass is 10.1. The van der Waals surface area contributed by atoms with E-state index in [2.05, 4.69) is 4.98 Å². The Bertz CT molecular complexity index is 1110. The van der Waals surface area contributed by atoms with Crippen molar-refractivity contribution in [1.29, 1.82) is 0 Å². The topological polar surface area (TPSA) is 81.5 Å². The number of carbonyl (C=O) groups excluding carboxylic acids is 1. The van der Waals surface area contributed by atoms with Crippen molar-refractivity contribution in [2.75, 3.05) is 0 Å². The Labute approximate surface area is 160 Å². The van der Waals surface area contributed by atoms with Gasteiger partial charge in [-0.3, -0.25) is 14.2 Å². The summed E-state index contributed by atoms with van der Waals surface area (Å²) < 4.78 is 12.1. The first-order valence-corrected chi connectivity index (χ1v) is 8.89. The molecule has 4 aromatic rings. The van der Waals surface area contributed by atoms with Gasteiger partial charge in [-0.25, -0.2) is 4.98 Å². The lowest BCUT2D eigenvalue weighted by Crippen LogP contribution is -2.35. The van der Waals surface area contributed by atoms with Crippen molar-refractivity contribution in [3.63, 3.8) is 0 Å². The first-order valence-electron chi connectivity index (χ1n) is 8.89. The molecule has 0 unspecified atom stereocenters. The minimum absolute atomic E-state index is 0.114. The maximum Gasteiger partial charge on any atom is 0.261 e. The lowest BCUT2D eigenvalue weighted by Gasteiger charge is -2.21. The van der Waals surface area contributed by atoms with Crippen molar-refractivity contribution in [3.8, 4) is 0 Å². The third-order valence-corrected chi connectivity index (χ3v) is 4.57. The average molecular weight is 377 g/mol. The number of fused-ring (bicyclic) bond motifs is 1. The van der Waals surface area contributed by atoms with Gasteiger partial charge in [0.05, 0.1) is 42.8 Å². The quantitative estimate of drug-likeness (QED) is 0.516. The Hall–Kier alpha value is -3.61. The third-order valence-electron chi connectivity index (χ3n) is 4.57. The van der Waals surface area contributed by atoms with Gasteiger partial charge >= 0.3 is 0 Å². The first-order chi connectivity index (χ1) is 13.6. The molecular formula is C21H19N3O4. The van der Waals surface area contributed by atoms with Crippen LogP contribution >= 0.6 is 0 Å². The number of hydrogen-bond donors (Lipinski definition) is 0. The zero-order valence-corrected chi connectivity index (χ0v) is 15.4. The van der Waals surface area contributed by atoms with E-state index in [9.17, 15) is 9.59 Å².